The molecule has 0 heterocycles. The fraction of sp³-hybridized carbons (Fsp3) is 0.368. The molecule has 0 fully saturated rings. The molecule has 3 heteroatoms. The van der Waals surface area contributed by atoms with Crippen molar-refractivity contribution in [1.29, 1.82) is 0 Å². The van der Waals surface area contributed by atoms with Crippen molar-refractivity contribution in [3.05, 3.63) is 65.2 Å². The smallest absolute Gasteiger partial charge is 0.118 e. The third-order valence-electron chi connectivity index (χ3n) is 3.64. The van der Waals surface area contributed by atoms with Gasteiger partial charge in [0.1, 0.15) is 5.75 Å². The zero-order chi connectivity index (χ0) is 15.3. The molecule has 1 N–H and O–H groups in total. The summed E-state index contributed by atoms with van der Waals surface area (Å²) in [5.41, 5.74) is 4.18. The van der Waals surface area contributed by atoms with Gasteiger partial charge in [0.15, 0.2) is 0 Å². The quantitative estimate of drug-likeness (QED) is 0.862. The largest absolute Gasteiger partial charge is 0.497 e. The lowest BCUT2D eigenvalue weighted by Gasteiger charge is -2.19. The third kappa shape index (κ3) is 5.36. The lowest BCUT2D eigenvalue weighted by molar-refractivity contribution is 0.414. The van der Waals surface area contributed by atoms with Crippen LogP contribution in [0.15, 0.2) is 48.5 Å². The highest BCUT2D eigenvalue weighted by Crippen LogP contribution is 2.22. The van der Waals surface area contributed by atoms with E-state index in [-0.39, 0.29) is 17.8 Å². The first-order valence-electron chi connectivity index (χ1n) is 7.42. The summed E-state index contributed by atoms with van der Waals surface area (Å²) < 4.78 is 5.16. The first-order valence-corrected chi connectivity index (χ1v) is 7.42. The fourth-order valence-electron chi connectivity index (χ4n) is 2.22. The van der Waals surface area contributed by atoms with Crippen LogP contribution in [0.5, 0.6) is 5.75 Å². The summed E-state index contributed by atoms with van der Waals surface area (Å²) in [6, 6.07) is 17.0. The van der Waals surface area contributed by atoms with Crippen LogP contribution in [-0.4, -0.2) is 7.11 Å². The van der Waals surface area contributed by atoms with Gasteiger partial charge in [-0.2, -0.15) is 0 Å². The summed E-state index contributed by atoms with van der Waals surface area (Å²) in [5.74, 6) is 0.900. The number of methoxy groups -OCH3 is 1. The standard InChI is InChI=1S/C19H25NO.ClH/c1-19(2,3)17-9-5-15(6-10-17)13-20-14-16-7-11-18(21-4)12-8-16;/h5-12,20H,13-14H2,1-4H3;1H. The van der Waals surface area contributed by atoms with Gasteiger partial charge in [0.25, 0.3) is 0 Å². The molecule has 0 aliphatic rings. The van der Waals surface area contributed by atoms with Crippen LogP contribution in [-0.2, 0) is 18.5 Å². The highest BCUT2D eigenvalue weighted by molar-refractivity contribution is 5.85. The minimum absolute atomic E-state index is 0. The van der Waals surface area contributed by atoms with Crippen molar-refractivity contribution in [2.45, 2.75) is 39.3 Å². The van der Waals surface area contributed by atoms with Gasteiger partial charge in [-0.15, -0.1) is 12.4 Å². The van der Waals surface area contributed by atoms with Crippen molar-refractivity contribution in [1.82, 2.24) is 5.32 Å². The number of nitrogens with one attached hydrogen (secondary N) is 1. The Morgan fingerprint density at radius 3 is 1.68 bits per heavy atom. The Labute approximate surface area is 140 Å². The summed E-state index contributed by atoms with van der Waals surface area (Å²) in [6.45, 7) is 8.47. The molecular formula is C19H26ClNO. The van der Waals surface area contributed by atoms with Gasteiger partial charge in [-0.1, -0.05) is 57.2 Å². The molecule has 0 atom stereocenters. The Hall–Kier alpha value is -1.51. The van der Waals surface area contributed by atoms with Crippen LogP contribution in [0.25, 0.3) is 0 Å². The first-order chi connectivity index (χ1) is 9.99. The summed E-state index contributed by atoms with van der Waals surface area (Å²) >= 11 is 0. The van der Waals surface area contributed by atoms with E-state index in [1.165, 1.54) is 16.7 Å². The lowest BCUT2D eigenvalue weighted by atomic mass is 9.87. The van der Waals surface area contributed by atoms with Crippen molar-refractivity contribution < 1.29 is 4.74 Å². The molecule has 0 aromatic heterocycles. The number of hydrogen-bond donors (Lipinski definition) is 1. The molecule has 0 bridgehead atoms. The highest BCUT2D eigenvalue weighted by Gasteiger charge is 2.12. The van der Waals surface area contributed by atoms with Gasteiger partial charge in [-0.25, -0.2) is 0 Å². The Balaban J connectivity index is 0.00000242. The molecule has 2 aromatic carbocycles. The number of benzene rings is 2. The first kappa shape index (κ1) is 18.5. The van der Waals surface area contributed by atoms with Crippen molar-refractivity contribution in [3.63, 3.8) is 0 Å². The normalized spacial score (nSPS) is 10.9. The van der Waals surface area contributed by atoms with Crippen molar-refractivity contribution in [2.24, 2.45) is 0 Å². The van der Waals surface area contributed by atoms with E-state index in [1.54, 1.807) is 7.11 Å². The van der Waals surface area contributed by atoms with Crippen LogP contribution in [0.4, 0.5) is 0 Å². The number of hydrogen-bond acceptors (Lipinski definition) is 2. The van der Waals surface area contributed by atoms with Crippen LogP contribution in [0, 0.1) is 0 Å². The average Bonchev–Trinajstić information content (AvgIpc) is 2.47. The van der Waals surface area contributed by atoms with Crippen LogP contribution < -0.4 is 10.1 Å². The SMILES string of the molecule is COc1ccc(CNCc2ccc(C(C)(C)C)cc2)cc1.Cl. The van der Waals surface area contributed by atoms with Gasteiger partial charge in [0.05, 0.1) is 7.11 Å². The van der Waals surface area contributed by atoms with E-state index < -0.39 is 0 Å². The Kier molecular flexibility index (Phi) is 6.92. The Morgan fingerprint density at radius 1 is 0.818 bits per heavy atom. The molecule has 120 valence electrons. The van der Waals surface area contributed by atoms with Crippen LogP contribution in [0.3, 0.4) is 0 Å². The van der Waals surface area contributed by atoms with Gasteiger partial charge in [0, 0.05) is 13.1 Å². The van der Waals surface area contributed by atoms with E-state index in [0.717, 1.165) is 18.8 Å². The molecule has 0 radical (unpaired) electrons. The molecule has 22 heavy (non-hydrogen) atoms. The number of rotatable bonds is 5. The molecule has 2 aromatic rings. The van der Waals surface area contributed by atoms with E-state index in [1.807, 2.05) is 12.1 Å². The van der Waals surface area contributed by atoms with Gasteiger partial charge in [-0.05, 0) is 34.2 Å². The summed E-state index contributed by atoms with van der Waals surface area (Å²) in [6.07, 6.45) is 0. The van der Waals surface area contributed by atoms with Crippen LogP contribution in [0.2, 0.25) is 0 Å². The van der Waals surface area contributed by atoms with E-state index >= 15 is 0 Å². The predicted octanol–water partition coefficient (Wildman–Crippen LogP) is 4.70. The second-order valence-corrected chi connectivity index (χ2v) is 6.40. The molecule has 2 rings (SSSR count). The van der Waals surface area contributed by atoms with Gasteiger partial charge in [0.2, 0.25) is 0 Å². The van der Waals surface area contributed by atoms with Gasteiger partial charge in [-0.3, -0.25) is 0 Å². The zero-order valence-corrected chi connectivity index (χ0v) is 14.7. The van der Waals surface area contributed by atoms with Crippen molar-refractivity contribution in [2.75, 3.05) is 7.11 Å². The molecule has 0 aliphatic carbocycles. The molecule has 2 nitrogen and oxygen atoms in total. The number of halogens is 1. The lowest BCUT2D eigenvalue weighted by Crippen LogP contribution is -2.14. The van der Waals surface area contributed by atoms with E-state index in [4.69, 9.17) is 4.74 Å². The molecule has 0 saturated heterocycles. The average molecular weight is 320 g/mol. The van der Waals surface area contributed by atoms with Crippen LogP contribution >= 0.6 is 12.4 Å². The minimum atomic E-state index is 0. The predicted molar refractivity (Wildman–Crippen MR) is 95.9 cm³/mol. The molecule has 0 amide bonds. The zero-order valence-electron chi connectivity index (χ0n) is 13.8. The fourth-order valence-corrected chi connectivity index (χ4v) is 2.22. The van der Waals surface area contributed by atoms with Gasteiger partial charge < -0.3 is 10.1 Å². The van der Waals surface area contributed by atoms with Gasteiger partial charge >= 0.3 is 0 Å². The van der Waals surface area contributed by atoms with E-state index in [2.05, 4.69) is 62.5 Å². The maximum Gasteiger partial charge on any atom is 0.118 e. The summed E-state index contributed by atoms with van der Waals surface area (Å²) in [5, 5.41) is 3.47. The maximum atomic E-state index is 5.16. The Bertz CT molecular complexity index is 555. The van der Waals surface area contributed by atoms with E-state index in [9.17, 15) is 0 Å². The monoisotopic (exact) mass is 319 g/mol. The number of ether oxygens (including phenoxy) is 1. The second-order valence-electron chi connectivity index (χ2n) is 6.40. The van der Waals surface area contributed by atoms with Crippen molar-refractivity contribution in [3.8, 4) is 5.75 Å². The molecule has 0 saturated carbocycles. The highest BCUT2D eigenvalue weighted by atomic mass is 35.5. The summed E-state index contributed by atoms with van der Waals surface area (Å²) in [7, 11) is 1.69. The summed E-state index contributed by atoms with van der Waals surface area (Å²) in [4.78, 5) is 0. The molecule has 0 unspecified atom stereocenters. The van der Waals surface area contributed by atoms with Crippen LogP contribution in [0.1, 0.15) is 37.5 Å². The molecular weight excluding hydrogens is 294 g/mol. The third-order valence-corrected chi connectivity index (χ3v) is 3.64. The van der Waals surface area contributed by atoms with E-state index in [0.29, 0.717) is 0 Å². The Morgan fingerprint density at radius 2 is 1.27 bits per heavy atom. The topological polar surface area (TPSA) is 21.3 Å². The minimum Gasteiger partial charge on any atom is -0.497 e. The second kappa shape index (κ2) is 8.21. The molecule has 0 aliphatic heterocycles. The molecule has 0 spiro atoms. The maximum absolute atomic E-state index is 5.16. The van der Waals surface area contributed by atoms with Crippen molar-refractivity contribution >= 4 is 12.4 Å².